The number of piperidine rings is 1. The van der Waals surface area contributed by atoms with Crippen molar-refractivity contribution in [3.8, 4) is 0 Å². The molecule has 156 valence electrons. The monoisotopic (exact) mass is 419 g/mol. The molecule has 2 heterocycles. The van der Waals surface area contributed by atoms with E-state index in [1.54, 1.807) is 0 Å². The van der Waals surface area contributed by atoms with Crippen molar-refractivity contribution in [2.45, 2.75) is 45.1 Å². The van der Waals surface area contributed by atoms with Gasteiger partial charge in [-0.05, 0) is 61.4 Å². The summed E-state index contributed by atoms with van der Waals surface area (Å²) in [7, 11) is -2.67. The molecule has 1 aromatic rings. The van der Waals surface area contributed by atoms with Crippen LogP contribution in [0.4, 0.5) is 4.39 Å². The minimum atomic E-state index is -4.03. The van der Waals surface area contributed by atoms with E-state index >= 15 is 0 Å². The highest BCUT2D eigenvalue weighted by Crippen LogP contribution is 2.39. The van der Waals surface area contributed by atoms with Crippen LogP contribution >= 0.6 is 0 Å². The van der Waals surface area contributed by atoms with Crippen molar-refractivity contribution < 1.29 is 17.6 Å². The first-order chi connectivity index (χ1) is 13.8. The van der Waals surface area contributed by atoms with E-state index in [4.69, 9.17) is 0 Å². The minimum absolute atomic E-state index is 0.0956. The van der Waals surface area contributed by atoms with E-state index in [1.807, 2.05) is 4.90 Å². The first kappa shape index (κ1) is 20.1. The largest absolute Gasteiger partial charge is 0.345 e. The molecule has 4 rings (SSSR count). The summed E-state index contributed by atoms with van der Waals surface area (Å²) in [6.07, 6.45) is 6.79. The quantitative estimate of drug-likeness (QED) is 0.740. The SMILES string of the molecule is C[C@H]1CCN(C(=O)C2=CC(c3ccc(F)cc3)=NS(=O)(=O)N2C)[C@@H]2CCCC[C@@H]21. The molecule has 0 spiro atoms. The molecule has 1 amide bonds. The van der Waals surface area contributed by atoms with Crippen molar-refractivity contribution in [1.29, 1.82) is 0 Å². The molecule has 3 atom stereocenters. The van der Waals surface area contributed by atoms with E-state index in [2.05, 4.69) is 11.3 Å². The molecule has 0 radical (unpaired) electrons. The summed E-state index contributed by atoms with van der Waals surface area (Å²) in [5, 5.41) is 0. The van der Waals surface area contributed by atoms with E-state index < -0.39 is 16.0 Å². The molecule has 0 N–H and O–H groups in total. The smallest absolute Gasteiger partial charge is 0.334 e. The fourth-order valence-electron chi connectivity index (χ4n) is 4.82. The second-order valence-electron chi connectivity index (χ2n) is 8.24. The van der Waals surface area contributed by atoms with Gasteiger partial charge >= 0.3 is 10.2 Å². The fourth-order valence-corrected chi connectivity index (χ4v) is 5.73. The molecule has 0 aromatic heterocycles. The molecular formula is C21H26FN3O3S. The van der Waals surface area contributed by atoms with Crippen molar-refractivity contribution in [3.63, 3.8) is 0 Å². The summed E-state index contributed by atoms with van der Waals surface area (Å²) in [5.41, 5.74) is 0.700. The first-order valence-electron chi connectivity index (χ1n) is 10.2. The van der Waals surface area contributed by atoms with Crippen LogP contribution in [0.2, 0.25) is 0 Å². The number of nitrogens with zero attached hydrogens (tertiary/aromatic N) is 3. The van der Waals surface area contributed by atoms with Crippen molar-refractivity contribution >= 4 is 21.8 Å². The number of hydrogen-bond donors (Lipinski definition) is 0. The third-order valence-electron chi connectivity index (χ3n) is 6.53. The molecule has 3 aliphatic rings. The molecule has 6 nitrogen and oxygen atoms in total. The summed E-state index contributed by atoms with van der Waals surface area (Å²) in [6.45, 7) is 2.88. The second kappa shape index (κ2) is 7.55. The van der Waals surface area contributed by atoms with Crippen molar-refractivity contribution in [3.05, 3.63) is 47.4 Å². The standard InChI is InChI=1S/C21H26FN3O3S/c1-14-11-12-25(19-6-4-3-5-17(14)19)21(26)20-13-18(23-29(27,28)24(20)2)15-7-9-16(22)10-8-15/h7-10,13-14,17,19H,3-6,11-12H2,1-2H3/t14-,17+,19+/m0/s1. The minimum Gasteiger partial charge on any atom is -0.334 e. The third-order valence-corrected chi connectivity index (χ3v) is 7.85. The number of carbonyl (C=O) groups excluding carboxylic acids is 1. The van der Waals surface area contributed by atoms with Crippen molar-refractivity contribution in [2.24, 2.45) is 16.2 Å². The zero-order valence-electron chi connectivity index (χ0n) is 16.7. The molecular weight excluding hydrogens is 393 g/mol. The molecule has 0 unspecified atom stereocenters. The van der Waals surface area contributed by atoms with Gasteiger partial charge in [0.15, 0.2) is 0 Å². The lowest BCUT2D eigenvalue weighted by Gasteiger charge is -2.47. The van der Waals surface area contributed by atoms with Gasteiger partial charge in [0.2, 0.25) is 0 Å². The van der Waals surface area contributed by atoms with Crippen LogP contribution in [0, 0.1) is 17.7 Å². The number of benzene rings is 1. The number of fused-ring (bicyclic) bond motifs is 1. The molecule has 29 heavy (non-hydrogen) atoms. The van der Waals surface area contributed by atoms with Crippen LogP contribution in [0.3, 0.4) is 0 Å². The summed E-state index contributed by atoms with van der Waals surface area (Å²) in [4.78, 5) is 15.4. The van der Waals surface area contributed by atoms with Gasteiger partial charge in [0.25, 0.3) is 5.91 Å². The topological polar surface area (TPSA) is 70.0 Å². The number of likely N-dealkylation sites (tertiary alicyclic amines) is 1. The Kier molecular flexibility index (Phi) is 5.23. The van der Waals surface area contributed by atoms with E-state index in [-0.39, 0.29) is 23.4 Å². The average molecular weight is 420 g/mol. The maximum Gasteiger partial charge on any atom is 0.345 e. The van der Waals surface area contributed by atoms with Gasteiger partial charge in [-0.3, -0.25) is 4.79 Å². The maximum absolute atomic E-state index is 13.5. The molecule has 2 fully saturated rings. The van der Waals surface area contributed by atoms with Gasteiger partial charge in [-0.25, -0.2) is 8.70 Å². The first-order valence-corrected chi connectivity index (χ1v) is 11.5. The van der Waals surface area contributed by atoms with E-state index in [9.17, 15) is 17.6 Å². The Bertz CT molecular complexity index is 971. The summed E-state index contributed by atoms with van der Waals surface area (Å²) in [5.74, 6) is 0.353. The zero-order chi connectivity index (χ0) is 20.8. The van der Waals surface area contributed by atoms with E-state index in [1.165, 1.54) is 43.8 Å². The Morgan fingerprint density at radius 2 is 1.83 bits per heavy atom. The highest BCUT2D eigenvalue weighted by atomic mass is 32.2. The number of carbonyl (C=O) groups is 1. The lowest BCUT2D eigenvalue weighted by molar-refractivity contribution is -0.135. The number of amides is 1. The van der Waals surface area contributed by atoms with Crippen LogP contribution in [-0.4, -0.2) is 48.9 Å². The lowest BCUT2D eigenvalue weighted by Crippen LogP contribution is -2.54. The van der Waals surface area contributed by atoms with Gasteiger partial charge < -0.3 is 4.90 Å². The molecule has 1 saturated carbocycles. The predicted molar refractivity (Wildman–Crippen MR) is 109 cm³/mol. The maximum atomic E-state index is 13.5. The van der Waals surface area contributed by atoms with E-state index in [0.717, 1.165) is 30.0 Å². The number of likely N-dealkylation sites (N-methyl/N-ethyl adjacent to an activating group) is 1. The third kappa shape index (κ3) is 3.70. The molecule has 0 bridgehead atoms. The van der Waals surface area contributed by atoms with Crippen LogP contribution in [0.5, 0.6) is 0 Å². The van der Waals surface area contributed by atoms with Crippen molar-refractivity contribution in [2.75, 3.05) is 13.6 Å². The Morgan fingerprint density at radius 3 is 2.55 bits per heavy atom. The molecule has 1 aromatic carbocycles. The Hall–Kier alpha value is -2.22. The van der Waals surface area contributed by atoms with Crippen LogP contribution in [-0.2, 0) is 15.0 Å². The summed E-state index contributed by atoms with van der Waals surface area (Å²) >= 11 is 0. The number of hydrogen-bond acceptors (Lipinski definition) is 3. The van der Waals surface area contributed by atoms with Gasteiger partial charge in [-0.15, -0.1) is 4.40 Å². The highest BCUT2D eigenvalue weighted by molar-refractivity contribution is 7.88. The van der Waals surface area contributed by atoms with Gasteiger partial charge in [0.1, 0.15) is 11.5 Å². The molecule has 1 aliphatic carbocycles. The fraction of sp³-hybridized carbons (Fsp3) is 0.524. The Morgan fingerprint density at radius 1 is 1.14 bits per heavy atom. The van der Waals surface area contributed by atoms with Crippen LogP contribution in [0.15, 0.2) is 40.4 Å². The van der Waals surface area contributed by atoms with Crippen molar-refractivity contribution in [1.82, 2.24) is 9.21 Å². The van der Waals surface area contributed by atoms with Gasteiger partial charge in [-0.2, -0.15) is 8.42 Å². The number of halogens is 1. The van der Waals surface area contributed by atoms with Crippen LogP contribution < -0.4 is 0 Å². The predicted octanol–water partition coefficient (Wildman–Crippen LogP) is 3.12. The van der Waals surface area contributed by atoms with Gasteiger partial charge in [-0.1, -0.05) is 19.8 Å². The Labute approximate surface area is 171 Å². The number of allylic oxidation sites excluding steroid dienone is 1. The highest BCUT2D eigenvalue weighted by Gasteiger charge is 2.42. The zero-order valence-corrected chi connectivity index (χ0v) is 17.5. The van der Waals surface area contributed by atoms with Crippen LogP contribution in [0.1, 0.15) is 44.6 Å². The van der Waals surface area contributed by atoms with Gasteiger partial charge in [0, 0.05) is 25.2 Å². The van der Waals surface area contributed by atoms with Gasteiger partial charge in [0.05, 0.1) is 5.71 Å². The van der Waals surface area contributed by atoms with Crippen LogP contribution in [0.25, 0.3) is 0 Å². The molecule has 1 saturated heterocycles. The average Bonchev–Trinajstić information content (AvgIpc) is 2.70. The van der Waals surface area contributed by atoms with E-state index in [0.29, 0.717) is 23.9 Å². The number of rotatable bonds is 2. The Balaban J connectivity index is 1.69. The second-order valence-corrected chi connectivity index (χ2v) is 9.86. The lowest BCUT2D eigenvalue weighted by atomic mass is 9.72. The summed E-state index contributed by atoms with van der Waals surface area (Å²) < 4.78 is 43.3. The normalized spacial score (nSPS) is 29.0. The molecule has 8 heteroatoms. The molecule has 2 aliphatic heterocycles. The summed E-state index contributed by atoms with van der Waals surface area (Å²) in [6, 6.07) is 5.58.